The van der Waals surface area contributed by atoms with Crippen molar-refractivity contribution in [3.8, 4) is 5.75 Å². The van der Waals surface area contributed by atoms with Crippen LogP contribution in [0.4, 0.5) is 10.1 Å². The summed E-state index contributed by atoms with van der Waals surface area (Å²) in [7, 11) is 0. The molecule has 2 aromatic rings. The molecule has 1 aliphatic rings. The summed E-state index contributed by atoms with van der Waals surface area (Å²) in [5.41, 5.74) is 7.39. The second kappa shape index (κ2) is 8.39. The number of rotatable bonds is 5. The Morgan fingerprint density at radius 1 is 1.07 bits per heavy atom. The van der Waals surface area contributed by atoms with Gasteiger partial charge in [0.1, 0.15) is 11.6 Å². The number of halogens is 1. The molecule has 0 radical (unpaired) electrons. The fraction of sp³-hybridized carbons (Fsp3) is 0.381. The zero-order valence-corrected chi connectivity index (χ0v) is 15.8. The molecule has 0 spiro atoms. The number of hydrogen-bond acceptors (Lipinski definition) is 4. The van der Waals surface area contributed by atoms with Gasteiger partial charge in [-0.25, -0.2) is 4.39 Å². The van der Waals surface area contributed by atoms with Crippen LogP contribution in [-0.2, 0) is 11.3 Å². The normalized spacial score (nSPS) is 20.5. The summed E-state index contributed by atoms with van der Waals surface area (Å²) in [6, 6.07) is 13.9. The van der Waals surface area contributed by atoms with Crippen molar-refractivity contribution >= 4 is 11.6 Å². The van der Waals surface area contributed by atoms with Gasteiger partial charge in [0, 0.05) is 37.4 Å². The predicted octanol–water partition coefficient (Wildman–Crippen LogP) is 2.91. The zero-order valence-electron chi connectivity index (χ0n) is 15.8. The number of hydrogen-bond donors (Lipinski definition) is 1. The molecule has 3 rings (SSSR count). The third kappa shape index (κ3) is 4.98. The van der Waals surface area contributed by atoms with Gasteiger partial charge in [-0.2, -0.15) is 0 Å². The Morgan fingerprint density at radius 2 is 1.74 bits per heavy atom. The summed E-state index contributed by atoms with van der Waals surface area (Å²) in [6.07, 6.45) is 0. The summed E-state index contributed by atoms with van der Waals surface area (Å²) in [5, 5.41) is 0. The SMILES string of the molecule is C[C@@H]1CN(C(=O)COc2ccc(N)cc2)[C@@H](C)CN1Cc1ccc(F)cc1. The Bertz CT molecular complexity index is 764. The van der Waals surface area contributed by atoms with Gasteiger partial charge in [-0.1, -0.05) is 12.1 Å². The summed E-state index contributed by atoms with van der Waals surface area (Å²) in [4.78, 5) is 16.8. The first-order valence-electron chi connectivity index (χ1n) is 9.18. The molecule has 2 N–H and O–H groups in total. The van der Waals surface area contributed by atoms with Crippen LogP contribution in [0.25, 0.3) is 0 Å². The number of carbonyl (C=O) groups excluding carboxylic acids is 1. The third-order valence-corrected chi connectivity index (χ3v) is 4.98. The molecule has 2 atom stereocenters. The first-order valence-corrected chi connectivity index (χ1v) is 9.18. The maximum Gasteiger partial charge on any atom is 0.260 e. The molecule has 1 heterocycles. The minimum Gasteiger partial charge on any atom is -0.484 e. The number of anilines is 1. The van der Waals surface area contributed by atoms with E-state index >= 15 is 0 Å². The number of benzene rings is 2. The van der Waals surface area contributed by atoms with Gasteiger partial charge < -0.3 is 15.4 Å². The lowest BCUT2D eigenvalue weighted by atomic mass is 10.1. The van der Waals surface area contributed by atoms with Gasteiger partial charge in [-0.05, 0) is 55.8 Å². The van der Waals surface area contributed by atoms with Crippen molar-refractivity contribution in [3.05, 3.63) is 59.9 Å². The number of carbonyl (C=O) groups is 1. The first-order chi connectivity index (χ1) is 12.9. The number of ether oxygens (including phenoxy) is 1. The molecule has 1 fully saturated rings. The van der Waals surface area contributed by atoms with Crippen molar-refractivity contribution in [2.45, 2.75) is 32.5 Å². The highest BCUT2D eigenvalue weighted by atomic mass is 19.1. The van der Waals surface area contributed by atoms with Crippen LogP contribution in [-0.4, -0.2) is 47.5 Å². The Hall–Kier alpha value is -2.60. The molecule has 27 heavy (non-hydrogen) atoms. The van der Waals surface area contributed by atoms with Crippen LogP contribution >= 0.6 is 0 Å². The van der Waals surface area contributed by atoms with Crippen LogP contribution in [0, 0.1) is 5.82 Å². The number of amides is 1. The highest BCUT2D eigenvalue weighted by molar-refractivity contribution is 5.78. The van der Waals surface area contributed by atoms with Crippen molar-refractivity contribution in [2.75, 3.05) is 25.4 Å². The summed E-state index contributed by atoms with van der Waals surface area (Å²) in [5.74, 6) is 0.387. The molecule has 5 nitrogen and oxygen atoms in total. The molecule has 0 saturated carbocycles. The Morgan fingerprint density at radius 3 is 2.41 bits per heavy atom. The summed E-state index contributed by atoms with van der Waals surface area (Å²) >= 11 is 0. The van der Waals surface area contributed by atoms with Crippen LogP contribution < -0.4 is 10.5 Å². The second-order valence-electron chi connectivity index (χ2n) is 7.16. The van der Waals surface area contributed by atoms with Crippen molar-refractivity contribution in [2.24, 2.45) is 0 Å². The van der Waals surface area contributed by atoms with Gasteiger partial charge >= 0.3 is 0 Å². The number of piperazine rings is 1. The Balaban J connectivity index is 1.54. The van der Waals surface area contributed by atoms with Gasteiger partial charge in [-0.3, -0.25) is 9.69 Å². The maximum absolute atomic E-state index is 13.1. The van der Waals surface area contributed by atoms with E-state index in [2.05, 4.69) is 11.8 Å². The van der Waals surface area contributed by atoms with E-state index in [0.717, 1.165) is 18.7 Å². The van der Waals surface area contributed by atoms with E-state index in [9.17, 15) is 9.18 Å². The average molecular weight is 371 g/mol. The molecule has 6 heteroatoms. The van der Waals surface area contributed by atoms with Crippen LogP contribution in [0.3, 0.4) is 0 Å². The molecule has 0 unspecified atom stereocenters. The zero-order chi connectivity index (χ0) is 19.4. The van der Waals surface area contributed by atoms with Gasteiger partial charge in [0.15, 0.2) is 6.61 Å². The fourth-order valence-electron chi connectivity index (χ4n) is 3.38. The van der Waals surface area contributed by atoms with Gasteiger partial charge in [0.05, 0.1) is 0 Å². The lowest BCUT2D eigenvalue weighted by Gasteiger charge is -2.44. The number of nitrogens with two attached hydrogens (primary N) is 1. The molecule has 2 aromatic carbocycles. The monoisotopic (exact) mass is 371 g/mol. The van der Waals surface area contributed by atoms with Crippen molar-refractivity contribution in [3.63, 3.8) is 0 Å². The van der Waals surface area contributed by atoms with Gasteiger partial charge in [-0.15, -0.1) is 0 Å². The fourth-order valence-corrected chi connectivity index (χ4v) is 3.38. The summed E-state index contributed by atoms with van der Waals surface area (Å²) < 4.78 is 18.7. The number of nitrogen functional groups attached to an aromatic ring is 1. The lowest BCUT2D eigenvalue weighted by molar-refractivity contribution is -0.139. The van der Waals surface area contributed by atoms with Crippen LogP contribution in [0.2, 0.25) is 0 Å². The molecule has 0 aromatic heterocycles. The minimum atomic E-state index is -0.225. The van der Waals surface area contributed by atoms with Crippen molar-refractivity contribution in [1.29, 1.82) is 0 Å². The molecule has 1 aliphatic heterocycles. The van der Waals surface area contributed by atoms with Gasteiger partial charge in [0.2, 0.25) is 0 Å². The van der Waals surface area contributed by atoms with E-state index in [0.29, 0.717) is 18.0 Å². The third-order valence-electron chi connectivity index (χ3n) is 4.98. The quantitative estimate of drug-likeness (QED) is 0.821. The molecule has 1 amide bonds. The van der Waals surface area contributed by atoms with Crippen LogP contribution in [0.1, 0.15) is 19.4 Å². The molecular formula is C21H26FN3O2. The highest BCUT2D eigenvalue weighted by Gasteiger charge is 2.32. The maximum atomic E-state index is 13.1. The average Bonchev–Trinajstić information content (AvgIpc) is 2.65. The molecule has 144 valence electrons. The van der Waals surface area contributed by atoms with E-state index in [1.165, 1.54) is 12.1 Å². The standard InChI is InChI=1S/C21H26FN3O2/c1-15-12-25(21(26)14-27-20-9-7-19(23)8-10-20)16(2)11-24(15)13-17-3-5-18(22)6-4-17/h3-10,15-16H,11-14,23H2,1-2H3/t15-,16+/m1/s1. The Kier molecular flexibility index (Phi) is 5.96. The Labute approximate surface area is 159 Å². The lowest BCUT2D eigenvalue weighted by Crippen LogP contribution is -2.58. The smallest absolute Gasteiger partial charge is 0.260 e. The number of nitrogens with zero attached hydrogens (tertiary/aromatic N) is 2. The minimum absolute atomic E-state index is 0.0128. The van der Waals surface area contributed by atoms with E-state index in [-0.39, 0.29) is 30.4 Å². The van der Waals surface area contributed by atoms with Crippen molar-refractivity contribution in [1.82, 2.24) is 9.80 Å². The summed E-state index contributed by atoms with van der Waals surface area (Å²) in [6.45, 7) is 6.33. The van der Waals surface area contributed by atoms with E-state index in [1.54, 1.807) is 24.3 Å². The van der Waals surface area contributed by atoms with Crippen molar-refractivity contribution < 1.29 is 13.9 Å². The molecule has 1 saturated heterocycles. The predicted molar refractivity (Wildman–Crippen MR) is 104 cm³/mol. The van der Waals surface area contributed by atoms with E-state index in [1.807, 2.05) is 24.0 Å². The first kappa shape index (κ1) is 19.2. The second-order valence-corrected chi connectivity index (χ2v) is 7.16. The van der Waals surface area contributed by atoms with Crippen LogP contribution in [0.15, 0.2) is 48.5 Å². The van der Waals surface area contributed by atoms with E-state index in [4.69, 9.17) is 10.5 Å². The molecular weight excluding hydrogens is 345 g/mol. The van der Waals surface area contributed by atoms with Gasteiger partial charge in [0.25, 0.3) is 5.91 Å². The molecule has 0 aliphatic carbocycles. The topological polar surface area (TPSA) is 58.8 Å². The molecule has 0 bridgehead atoms. The largest absolute Gasteiger partial charge is 0.484 e. The van der Waals surface area contributed by atoms with Crippen LogP contribution in [0.5, 0.6) is 5.75 Å². The van der Waals surface area contributed by atoms with E-state index < -0.39 is 0 Å². The highest BCUT2D eigenvalue weighted by Crippen LogP contribution is 2.19.